The second-order valence-corrected chi connectivity index (χ2v) is 4.60. The van der Waals surface area contributed by atoms with Gasteiger partial charge in [-0.05, 0) is 18.8 Å². The van der Waals surface area contributed by atoms with Crippen molar-refractivity contribution in [3.05, 3.63) is 0 Å². The monoisotopic (exact) mass is 243 g/mol. The molecule has 0 radical (unpaired) electrons. The van der Waals surface area contributed by atoms with E-state index in [1.807, 2.05) is 13.8 Å². The molecule has 3 unspecified atom stereocenters. The summed E-state index contributed by atoms with van der Waals surface area (Å²) >= 11 is 0. The van der Waals surface area contributed by atoms with E-state index in [0.29, 0.717) is 25.9 Å². The van der Waals surface area contributed by atoms with Gasteiger partial charge in [-0.25, -0.2) is 0 Å². The molecule has 0 aliphatic carbocycles. The number of carbonyl (C=O) groups excluding carboxylic acids is 1. The number of carbonyl (C=O) groups is 1. The fourth-order valence-corrected chi connectivity index (χ4v) is 2.13. The van der Waals surface area contributed by atoms with Crippen LogP contribution in [0.25, 0.3) is 0 Å². The lowest BCUT2D eigenvalue weighted by atomic mass is 9.94. The number of amides is 1. The Morgan fingerprint density at radius 3 is 2.76 bits per heavy atom. The second kappa shape index (κ2) is 5.86. The fraction of sp³-hybridized carbons (Fsp3) is 0.818. The van der Waals surface area contributed by atoms with Crippen LogP contribution in [0.5, 0.6) is 0 Å². The van der Waals surface area contributed by atoms with Crippen molar-refractivity contribution in [1.29, 1.82) is 0 Å². The predicted octanol–water partition coefficient (Wildman–Crippen LogP) is -0.0117. The first kappa shape index (κ1) is 13.8. The molecule has 0 bridgehead atoms. The molecule has 3 atom stereocenters. The van der Waals surface area contributed by atoms with Crippen molar-refractivity contribution in [3.63, 3.8) is 0 Å². The van der Waals surface area contributed by atoms with E-state index in [1.54, 1.807) is 4.90 Å². The van der Waals surface area contributed by atoms with Gasteiger partial charge in [0, 0.05) is 13.1 Å². The van der Waals surface area contributed by atoms with Crippen LogP contribution < -0.4 is 5.73 Å². The summed E-state index contributed by atoms with van der Waals surface area (Å²) in [5.41, 5.74) is 5.50. The van der Waals surface area contributed by atoms with Crippen LogP contribution in [0.1, 0.15) is 26.7 Å². The normalized spacial score (nSPS) is 27.9. The average Bonchev–Trinajstić information content (AvgIpc) is 2.33. The highest BCUT2D eigenvalue weighted by atomic mass is 16.4. The summed E-state index contributed by atoms with van der Waals surface area (Å²) in [5.74, 6) is -0.669. The molecule has 1 aliphatic heterocycles. The van der Waals surface area contributed by atoms with E-state index >= 15 is 0 Å². The minimum absolute atomic E-state index is 0.0451. The van der Waals surface area contributed by atoms with Crippen LogP contribution in [0.2, 0.25) is 0 Å². The van der Waals surface area contributed by atoms with Gasteiger partial charge in [-0.3, -0.25) is 4.79 Å². The number of amidine groups is 1. The van der Waals surface area contributed by atoms with Gasteiger partial charge in [0.2, 0.25) is 5.91 Å². The lowest BCUT2D eigenvalue weighted by molar-refractivity contribution is -0.137. The maximum atomic E-state index is 12.2. The minimum Gasteiger partial charge on any atom is -0.409 e. The zero-order valence-electron chi connectivity index (χ0n) is 10.3. The van der Waals surface area contributed by atoms with Crippen molar-refractivity contribution >= 4 is 11.7 Å². The Morgan fingerprint density at radius 2 is 2.29 bits per heavy atom. The van der Waals surface area contributed by atoms with E-state index in [1.165, 1.54) is 0 Å². The Morgan fingerprint density at radius 1 is 1.65 bits per heavy atom. The number of oxime groups is 1. The van der Waals surface area contributed by atoms with Gasteiger partial charge in [-0.2, -0.15) is 0 Å². The SMILES string of the molecule is CCC(C(=O)N1CCC(O)C(C)C1)C(N)=NO. The van der Waals surface area contributed by atoms with E-state index in [4.69, 9.17) is 10.9 Å². The number of likely N-dealkylation sites (tertiary alicyclic amines) is 1. The Labute approximate surface area is 101 Å². The number of aliphatic hydroxyl groups excluding tert-OH is 1. The molecule has 0 aromatic carbocycles. The summed E-state index contributed by atoms with van der Waals surface area (Å²) in [7, 11) is 0. The summed E-state index contributed by atoms with van der Waals surface area (Å²) in [6.45, 7) is 4.78. The first-order valence-corrected chi connectivity index (χ1v) is 5.95. The maximum Gasteiger partial charge on any atom is 0.233 e. The molecule has 6 heteroatoms. The van der Waals surface area contributed by atoms with Gasteiger partial charge in [-0.1, -0.05) is 19.0 Å². The molecular weight excluding hydrogens is 222 g/mol. The Hall–Kier alpha value is -1.30. The number of nitrogens with two attached hydrogens (primary N) is 1. The van der Waals surface area contributed by atoms with E-state index < -0.39 is 5.92 Å². The van der Waals surface area contributed by atoms with E-state index in [9.17, 15) is 9.90 Å². The standard InChI is InChI=1S/C11H21N3O3/c1-3-8(10(12)13-17)11(16)14-5-4-9(15)7(2)6-14/h7-9,15,17H,3-6H2,1-2H3,(H2,12,13). The zero-order chi connectivity index (χ0) is 13.0. The lowest BCUT2D eigenvalue weighted by Gasteiger charge is -2.36. The summed E-state index contributed by atoms with van der Waals surface area (Å²) in [4.78, 5) is 13.8. The lowest BCUT2D eigenvalue weighted by Crippen LogP contribution is -2.49. The van der Waals surface area contributed by atoms with Gasteiger partial charge in [0.05, 0.1) is 12.0 Å². The summed E-state index contributed by atoms with van der Waals surface area (Å²) in [6, 6.07) is 0. The number of rotatable bonds is 3. The number of aliphatic hydroxyl groups is 1. The quantitative estimate of drug-likeness (QED) is 0.281. The molecule has 0 spiro atoms. The number of hydrogen-bond donors (Lipinski definition) is 3. The third-order valence-electron chi connectivity index (χ3n) is 3.35. The molecule has 6 nitrogen and oxygen atoms in total. The first-order valence-electron chi connectivity index (χ1n) is 5.95. The summed E-state index contributed by atoms with van der Waals surface area (Å²) < 4.78 is 0. The van der Waals surface area contributed by atoms with Crippen LogP contribution >= 0.6 is 0 Å². The highest BCUT2D eigenvalue weighted by Gasteiger charge is 2.32. The largest absolute Gasteiger partial charge is 0.409 e. The van der Waals surface area contributed by atoms with Crippen molar-refractivity contribution in [2.75, 3.05) is 13.1 Å². The summed E-state index contributed by atoms with van der Waals surface area (Å²) in [5, 5.41) is 21.1. The predicted molar refractivity (Wildman–Crippen MR) is 63.6 cm³/mol. The first-order chi connectivity index (χ1) is 8.01. The minimum atomic E-state index is -0.567. The molecule has 1 amide bonds. The fourth-order valence-electron chi connectivity index (χ4n) is 2.13. The van der Waals surface area contributed by atoms with Crippen LogP contribution in [0.15, 0.2) is 5.16 Å². The molecule has 1 rings (SSSR count). The molecule has 0 saturated carbocycles. The Bertz CT molecular complexity index is 306. The Balaban J connectivity index is 2.69. The summed E-state index contributed by atoms with van der Waals surface area (Å²) in [6.07, 6.45) is 0.741. The van der Waals surface area contributed by atoms with Crippen molar-refractivity contribution < 1.29 is 15.1 Å². The van der Waals surface area contributed by atoms with Gasteiger partial charge in [-0.15, -0.1) is 0 Å². The van der Waals surface area contributed by atoms with Crippen LogP contribution in [-0.4, -0.2) is 46.1 Å². The highest BCUT2D eigenvalue weighted by molar-refractivity contribution is 6.02. The third-order valence-corrected chi connectivity index (χ3v) is 3.35. The highest BCUT2D eigenvalue weighted by Crippen LogP contribution is 2.19. The van der Waals surface area contributed by atoms with Crippen molar-refractivity contribution in [1.82, 2.24) is 4.90 Å². The van der Waals surface area contributed by atoms with Crippen molar-refractivity contribution in [2.45, 2.75) is 32.8 Å². The van der Waals surface area contributed by atoms with Gasteiger partial charge in [0.1, 0.15) is 0 Å². The number of hydrogen-bond acceptors (Lipinski definition) is 4. The van der Waals surface area contributed by atoms with Crippen molar-refractivity contribution in [2.24, 2.45) is 22.7 Å². The average molecular weight is 243 g/mol. The molecule has 1 heterocycles. The van der Waals surface area contributed by atoms with Crippen LogP contribution in [-0.2, 0) is 4.79 Å². The molecule has 4 N–H and O–H groups in total. The van der Waals surface area contributed by atoms with Crippen molar-refractivity contribution in [3.8, 4) is 0 Å². The Kier molecular flexibility index (Phi) is 4.74. The van der Waals surface area contributed by atoms with Gasteiger partial charge >= 0.3 is 0 Å². The van der Waals surface area contributed by atoms with E-state index in [0.717, 1.165) is 0 Å². The molecule has 1 saturated heterocycles. The maximum absolute atomic E-state index is 12.2. The molecule has 17 heavy (non-hydrogen) atoms. The second-order valence-electron chi connectivity index (χ2n) is 4.60. The van der Waals surface area contributed by atoms with Crippen LogP contribution in [0, 0.1) is 11.8 Å². The van der Waals surface area contributed by atoms with Gasteiger partial charge in [0.15, 0.2) is 5.84 Å². The number of piperidine rings is 1. The molecule has 0 aromatic heterocycles. The van der Waals surface area contributed by atoms with Gasteiger partial charge < -0.3 is 20.9 Å². The topological polar surface area (TPSA) is 99.2 Å². The molecule has 0 aromatic rings. The molecular formula is C11H21N3O3. The smallest absolute Gasteiger partial charge is 0.233 e. The third kappa shape index (κ3) is 3.09. The zero-order valence-corrected chi connectivity index (χ0v) is 10.3. The molecule has 1 fully saturated rings. The van der Waals surface area contributed by atoms with E-state index in [2.05, 4.69) is 5.16 Å². The number of nitrogens with zero attached hydrogens (tertiary/aromatic N) is 2. The van der Waals surface area contributed by atoms with Crippen LogP contribution in [0.3, 0.4) is 0 Å². The molecule has 1 aliphatic rings. The van der Waals surface area contributed by atoms with E-state index in [-0.39, 0.29) is 23.8 Å². The molecule has 98 valence electrons. The van der Waals surface area contributed by atoms with Crippen LogP contribution in [0.4, 0.5) is 0 Å². The van der Waals surface area contributed by atoms with Gasteiger partial charge in [0.25, 0.3) is 0 Å².